The first kappa shape index (κ1) is 16.5. The third-order valence-electron chi connectivity index (χ3n) is 4.67. The quantitative estimate of drug-likeness (QED) is 0.773. The Morgan fingerprint density at radius 3 is 2.83 bits per heavy atom. The molecule has 1 aromatic carbocycles. The summed E-state index contributed by atoms with van der Waals surface area (Å²) in [4.78, 5) is 11.8. The lowest BCUT2D eigenvalue weighted by molar-refractivity contribution is -0.115. The molecule has 0 bridgehead atoms. The van der Waals surface area contributed by atoms with E-state index >= 15 is 0 Å². The van der Waals surface area contributed by atoms with Gasteiger partial charge in [0.2, 0.25) is 0 Å². The third kappa shape index (κ3) is 2.66. The van der Waals surface area contributed by atoms with Crippen LogP contribution in [0.4, 0.5) is 0 Å². The first-order valence-electron chi connectivity index (χ1n) is 7.91. The number of allylic oxidation sites excluding steroid dienone is 1. The van der Waals surface area contributed by atoms with Gasteiger partial charge in [0.25, 0.3) is 0 Å². The molecule has 126 valence electrons. The standard InChI is InChI=1S/C18H20N2O4/c1-18(2)17(23)16(20-13-4-5-14(22)12(13)9-21)11-7-10(8-19)3-6-15(11)24-18/h3,6-7,16-17,20-21,23H,4-5,9H2,1-2H3/t16-,17+/m0/s1. The first-order chi connectivity index (χ1) is 11.4. The number of rotatable bonds is 3. The van der Waals surface area contributed by atoms with E-state index in [4.69, 9.17) is 10.00 Å². The molecule has 3 rings (SSSR count). The molecule has 6 nitrogen and oxygen atoms in total. The topological polar surface area (TPSA) is 103 Å². The summed E-state index contributed by atoms with van der Waals surface area (Å²) in [6.07, 6.45) is -0.0273. The number of hydrogen-bond acceptors (Lipinski definition) is 6. The van der Waals surface area contributed by atoms with E-state index in [0.717, 1.165) is 0 Å². The number of carbonyl (C=O) groups is 1. The summed E-state index contributed by atoms with van der Waals surface area (Å²) in [6, 6.07) is 6.62. The smallest absolute Gasteiger partial charge is 0.163 e. The van der Waals surface area contributed by atoms with E-state index < -0.39 is 17.7 Å². The second-order valence-electron chi connectivity index (χ2n) is 6.68. The van der Waals surface area contributed by atoms with Gasteiger partial charge in [0.15, 0.2) is 5.78 Å². The van der Waals surface area contributed by atoms with Gasteiger partial charge in [-0.3, -0.25) is 4.79 Å². The van der Waals surface area contributed by atoms with Crippen LogP contribution in [-0.4, -0.2) is 34.3 Å². The maximum absolute atomic E-state index is 11.8. The molecule has 6 heteroatoms. The van der Waals surface area contributed by atoms with E-state index in [-0.39, 0.29) is 12.4 Å². The molecule has 1 heterocycles. The highest BCUT2D eigenvalue weighted by Gasteiger charge is 2.43. The van der Waals surface area contributed by atoms with Crippen molar-refractivity contribution in [3.05, 3.63) is 40.6 Å². The van der Waals surface area contributed by atoms with Gasteiger partial charge in [0.1, 0.15) is 17.5 Å². The molecule has 1 aliphatic heterocycles. The number of hydrogen-bond donors (Lipinski definition) is 3. The minimum Gasteiger partial charge on any atom is -0.485 e. The fourth-order valence-corrected chi connectivity index (χ4v) is 3.27. The van der Waals surface area contributed by atoms with Gasteiger partial charge in [-0.15, -0.1) is 0 Å². The highest BCUT2D eigenvalue weighted by molar-refractivity contribution is 5.98. The van der Waals surface area contributed by atoms with Crippen molar-refractivity contribution in [3.63, 3.8) is 0 Å². The molecule has 0 saturated carbocycles. The predicted octanol–water partition coefficient (Wildman–Crippen LogP) is 1.33. The lowest BCUT2D eigenvalue weighted by Gasteiger charge is -2.43. The number of ether oxygens (including phenoxy) is 1. The number of ketones is 1. The number of aliphatic hydroxyl groups excluding tert-OH is 2. The zero-order valence-electron chi connectivity index (χ0n) is 13.7. The summed E-state index contributed by atoms with van der Waals surface area (Å²) in [6.45, 7) is 3.25. The van der Waals surface area contributed by atoms with Gasteiger partial charge in [-0.1, -0.05) is 0 Å². The molecule has 1 aromatic rings. The Morgan fingerprint density at radius 1 is 1.42 bits per heavy atom. The van der Waals surface area contributed by atoms with E-state index in [0.29, 0.717) is 41.0 Å². The summed E-state index contributed by atoms with van der Waals surface area (Å²) in [7, 11) is 0. The number of Topliss-reactive ketones (excluding diaryl/α,β-unsaturated/α-hetero) is 1. The molecule has 0 saturated heterocycles. The van der Waals surface area contributed by atoms with Gasteiger partial charge in [-0.05, 0) is 38.5 Å². The minimum atomic E-state index is -0.887. The molecular formula is C18H20N2O4. The first-order valence-corrected chi connectivity index (χ1v) is 7.91. The van der Waals surface area contributed by atoms with Crippen molar-refractivity contribution in [2.24, 2.45) is 0 Å². The number of nitrogens with one attached hydrogen (secondary N) is 1. The van der Waals surface area contributed by atoms with Gasteiger partial charge in [-0.2, -0.15) is 5.26 Å². The van der Waals surface area contributed by atoms with Crippen LogP contribution in [0.15, 0.2) is 29.5 Å². The van der Waals surface area contributed by atoms with Crippen LogP contribution < -0.4 is 10.1 Å². The number of nitrogens with zero attached hydrogens (tertiary/aromatic N) is 1. The molecule has 0 amide bonds. The molecule has 0 aromatic heterocycles. The average Bonchev–Trinajstić information content (AvgIpc) is 2.91. The van der Waals surface area contributed by atoms with Crippen LogP contribution in [0.2, 0.25) is 0 Å². The highest BCUT2D eigenvalue weighted by atomic mass is 16.5. The van der Waals surface area contributed by atoms with Gasteiger partial charge in [0.05, 0.1) is 24.3 Å². The minimum absolute atomic E-state index is 0.0770. The van der Waals surface area contributed by atoms with Gasteiger partial charge >= 0.3 is 0 Å². The second-order valence-corrected chi connectivity index (χ2v) is 6.68. The molecule has 3 N–H and O–H groups in total. The third-order valence-corrected chi connectivity index (χ3v) is 4.67. The fraction of sp³-hybridized carbons (Fsp3) is 0.444. The number of carbonyl (C=O) groups excluding carboxylic acids is 1. The number of nitriles is 1. The molecule has 0 fully saturated rings. The monoisotopic (exact) mass is 328 g/mol. The SMILES string of the molecule is CC1(C)Oc2ccc(C#N)cc2[C@H](NC2=C(CO)C(=O)CC2)[C@H]1O. The molecule has 2 aliphatic rings. The van der Waals surface area contributed by atoms with E-state index in [1.54, 1.807) is 32.0 Å². The average molecular weight is 328 g/mol. The Balaban J connectivity index is 2.04. The summed E-state index contributed by atoms with van der Waals surface area (Å²) >= 11 is 0. The fourth-order valence-electron chi connectivity index (χ4n) is 3.27. The van der Waals surface area contributed by atoms with Crippen molar-refractivity contribution in [3.8, 4) is 11.8 Å². The molecule has 24 heavy (non-hydrogen) atoms. The lowest BCUT2D eigenvalue weighted by Crippen LogP contribution is -2.52. The summed E-state index contributed by atoms with van der Waals surface area (Å²) in [5.41, 5.74) is 1.32. The van der Waals surface area contributed by atoms with Crippen molar-refractivity contribution in [2.75, 3.05) is 6.61 Å². The number of fused-ring (bicyclic) bond motifs is 1. The number of aliphatic hydroxyl groups is 2. The van der Waals surface area contributed by atoms with Crippen molar-refractivity contribution in [1.82, 2.24) is 5.32 Å². The van der Waals surface area contributed by atoms with E-state index in [1.165, 1.54) is 0 Å². The summed E-state index contributed by atoms with van der Waals surface area (Å²) in [5, 5.41) is 32.5. The lowest BCUT2D eigenvalue weighted by atomic mass is 9.85. The van der Waals surface area contributed by atoms with Crippen molar-refractivity contribution in [2.45, 2.75) is 44.4 Å². The van der Waals surface area contributed by atoms with Crippen LogP contribution in [0.3, 0.4) is 0 Å². The zero-order valence-corrected chi connectivity index (χ0v) is 13.7. The molecule has 0 spiro atoms. The van der Waals surface area contributed by atoms with Gasteiger partial charge in [0, 0.05) is 23.3 Å². The Hall–Kier alpha value is -2.36. The van der Waals surface area contributed by atoms with Crippen molar-refractivity contribution in [1.29, 1.82) is 5.26 Å². The Kier molecular flexibility index (Phi) is 4.08. The van der Waals surface area contributed by atoms with Crippen LogP contribution in [-0.2, 0) is 4.79 Å². The van der Waals surface area contributed by atoms with Crippen LogP contribution in [0.1, 0.15) is 43.9 Å². The van der Waals surface area contributed by atoms with Crippen molar-refractivity contribution < 1.29 is 19.7 Å². The molecule has 2 atom stereocenters. The van der Waals surface area contributed by atoms with Crippen LogP contribution in [0.25, 0.3) is 0 Å². The van der Waals surface area contributed by atoms with Gasteiger partial charge in [-0.25, -0.2) is 0 Å². The van der Waals surface area contributed by atoms with Crippen LogP contribution in [0, 0.1) is 11.3 Å². The maximum Gasteiger partial charge on any atom is 0.163 e. The largest absolute Gasteiger partial charge is 0.485 e. The maximum atomic E-state index is 11.8. The Labute approximate surface area is 140 Å². The summed E-state index contributed by atoms with van der Waals surface area (Å²) < 4.78 is 5.87. The Morgan fingerprint density at radius 2 is 2.17 bits per heavy atom. The van der Waals surface area contributed by atoms with Crippen molar-refractivity contribution >= 4 is 5.78 Å². The van der Waals surface area contributed by atoms with Gasteiger partial charge < -0.3 is 20.3 Å². The van der Waals surface area contributed by atoms with Crippen LogP contribution >= 0.6 is 0 Å². The highest BCUT2D eigenvalue weighted by Crippen LogP contribution is 2.41. The molecule has 0 radical (unpaired) electrons. The molecule has 0 unspecified atom stereocenters. The van der Waals surface area contributed by atoms with Crippen LogP contribution in [0.5, 0.6) is 5.75 Å². The molecule has 1 aliphatic carbocycles. The van der Waals surface area contributed by atoms with E-state index in [2.05, 4.69) is 11.4 Å². The zero-order chi connectivity index (χ0) is 17.5. The summed E-state index contributed by atoms with van der Waals surface area (Å²) in [5.74, 6) is 0.518. The number of benzene rings is 1. The van der Waals surface area contributed by atoms with E-state index in [1.807, 2.05) is 0 Å². The molecular weight excluding hydrogens is 308 g/mol. The second kappa shape index (κ2) is 5.93. The van der Waals surface area contributed by atoms with E-state index in [9.17, 15) is 15.0 Å². The predicted molar refractivity (Wildman–Crippen MR) is 86.1 cm³/mol. The normalized spacial score (nSPS) is 25.0. The Bertz CT molecular complexity index is 761.